The maximum Gasteiger partial charge on any atom is 0.311 e. The fourth-order valence-electron chi connectivity index (χ4n) is 0.879. The van der Waals surface area contributed by atoms with Crippen LogP contribution in [0.25, 0.3) is 0 Å². The van der Waals surface area contributed by atoms with Crippen LogP contribution in [0.1, 0.15) is 6.42 Å². The molecule has 0 unspecified atom stereocenters. The Labute approximate surface area is 73.3 Å². The lowest BCUT2D eigenvalue weighted by atomic mass is 10.3. The lowest BCUT2D eigenvalue weighted by Crippen LogP contribution is -2.43. The average molecular weight is 176 g/mol. The molecule has 0 aromatic rings. The van der Waals surface area contributed by atoms with E-state index in [4.69, 9.17) is 5.11 Å². The zero-order valence-corrected chi connectivity index (χ0v) is 8.04. The van der Waals surface area contributed by atoms with Crippen LogP contribution in [-0.4, -0.2) is 56.5 Å². The molecule has 0 saturated carbocycles. The number of quaternary nitrogens is 1. The summed E-state index contributed by atoms with van der Waals surface area (Å²) in [4.78, 5) is 10.8. The van der Waals surface area contributed by atoms with E-state index < -0.39 is 0 Å². The van der Waals surface area contributed by atoms with Gasteiger partial charge in [-0.1, -0.05) is 0 Å². The molecule has 0 aliphatic heterocycles. The smallest absolute Gasteiger partial charge is 0.311 e. The molecule has 0 radical (unpaired) electrons. The Kier molecular flexibility index (Phi) is 4.85. The Morgan fingerprint density at radius 3 is 2.42 bits per heavy atom. The summed E-state index contributed by atoms with van der Waals surface area (Å²) in [5.41, 5.74) is 0. The van der Waals surface area contributed by atoms with Crippen LogP contribution in [0, 0.1) is 0 Å². The molecule has 0 heterocycles. The number of esters is 1. The van der Waals surface area contributed by atoms with E-state index in [1.165, 1.54) is 7.11 Å². The number of rotatable bonds is 5. The van der Waals surface area contributed by atoms with E-state index in [0.717, 1.165) is 0 Å². The number of carbonyl (C=O) groups is 1. The fraction of sp³-hybridized carbons (Fsp3) is 0.875. The second-order valence-electron chi connectivity index (χ2n) is 3.43. The third-order valence-electron chi connectivity index (χ3n) is 1.85. The molecule has 0 aliphatic rings. The molecule has 0 aliphatic carbocycles. The SMILES string of the molecule is COC(=O)CC[N+](C)(C)CCO. The van der Waals surface area contributed by atoms with Gasteiger partial charge in [-0.25, -0.2) is 0 Å². The van der Waals surface area contributed by atoms with Crippen LogP contribution < -0.4 is 0 Å². The van der Waals surface area contributed by atoms with Gasteiger partial charge in [0.2, 0.25) is 0 Å². The summed E-state index contributed by atoms with van der Waals surface area (Å²) >= 11 is 0. The zero-order chi connectivity index (χ0) is 9.61. The van der Waals surface area contributed by atoms with Gasteiger partial charge >= 0.3 is 5.97 Å². The molecular formula is C8H18NO3+. The molecule has 0 bridgehead atoms. The third kappa shape index (κ3) is 5.09. The predicted octanol–water partition coefficient (Wildman–Crippen LogP) is -0.382. The summed E-state index contributed by atoms with van der Waals surface area (Å²) in [6.07, 6.45) is 0.406. The highest BCUT2D eigenvalue weighted by atomic mass is 16.5. The summed E-state index contributed by atoms with van der Waals surface area (Å²) in [5.74, 6) is -0.195. The summed E-state index contributed by atoms with van der Waals surface area (Å²) in [5, 5.41) is 8.69. The third-order valence-corrected chi connectivity index (χ3v) is 1.85. The van der Waals surface area contributed by atoms with E-state index in [9.17, 15) is 4.79 Å². The number of aliphatic hydroxyl groups is 1. The normalized spacial score (nSPS) is 11.3. The molecule has 0 saturated heterocycles. The predicted molar refractivity (Wildman–Crippen MR) is 45.6 cm³/mol. The number of nitrogens with zero attached hydrogens (tertiary/aromatic N) is 1. The molecule has 1 N–H and O–H groups in total. The van der Waals surface area contributed by atoms with Crippen LogP contribution in [0.2, 0.25) is 0 Å². The van der Waals surface area contributed by atoms with Gasteiger partial charge < -0.3 is 14.3 Å². The Morgan fingerprint density at radius 2 is 2.00 bits per heavy atom. The summed E-state index contributed by atoms with van der Waals surface area (Å²) in [6.45, 7) is 1.51. The number of hydrogen-bond donors (Lipinski definition) is 1. The minimum atomic E-state index is -0.195. The van der Waals surface area contributed by atoms with E-state index in [1.54, 1.807) is 0 Å². The van der Waals surface area contributed by atoms with Gasteiger partial charge in [0.05, 0.1) is 40.8 Å². The molecule has 0 aromatic carbocycles. The molecule has 0 fully saturated rings. The minimum absolute atomic E-state index is 0.147. The van der Waals surface area contributed by atoms with Crippen molar-refractivity contribution in [3.8, 4) is 0 Å². The number of hydrogen-bond acceptors (Lipinski definition) is 3. The topological polar surface area (TPSA) is 46.5 Å². The quantitative estimate of drug-likeness (QED) is 0.459. The van der Waals surface area contributed by atoms with E-state index in [2.05, 4.69) is 4.74 Å². The highest BCUT2D eigenvalue weighted by molar-refractivity contribution is 5.69. The Bertz CT molecular complexity index is 145. The Morgan fingerprint density at radius 1 is 1.42 bits per heavy atom. The van der Waals surface area contributed by atoms with Crippen LogP contribution in [-0.2, 0) is 9.53 Å². The minimum Gasteiger partial charge on any atom is -0.469 e. The van der Waals surface area contributed by atoms with Gasteiger partial charge in [0.15, 0.2) is 0 Å². The Hall–Kier alpha value is -0.610. The van der Waals surface area contributed by atoms with Crippen molar-refractivity contribution in [3.05, 3.63) is 0 Å². The molecule has 12 heavy (non-hydrogen) atoms. The van der Waals surface area contributed by atoms with Crippen molar-refractivity contribution >= 4 is 5.97 Å². The first-order chi connectivity index (χ1) is 5.52. The number of likely N-dealkylation sites (N-methyl/N-ethyl adjacent to an activating group) is 1. The van der Waals surface area contributed by atoms with E-state index in [0.29, 0.717) is 24.0 Å². The molecule has 0 amide bonds. The largest absolute Gasteiger partial charge is 0.469 e. The molecule has 0 atom stereocenters. The van der Waals surface area contributed by atoms with Gasteiger partial charge in [0.1, 0.15) is 6.54 Å². The molecule has 0 spiro atoms. The van der Waals surface area contributed by atoms with Gasteiger partial charge in [0.25, 0.3) is 0 Å². The van der Waals surface area contributed by atoms with Gasteiger partial charge in [-0.2, -0.15) is 0 Å². The van der Waals surface area contributed by atoms with Gasteiger partial charge in [-0.3, -0.25) is 4.79 Å². The lowest BCUT2D eigenvalue weighted by Gasteiger charge is -2.28. The van der Waals surface area contributed by atoms with Crippen LogP contribution >= 0.6 is 0 Å². The number of aliphatic hydroxyl groups excluding tert-OH is 1. The van der Waals surface area contributed by atoms with Crippen LogP contribution in [0.3, 0.4) is 0 Å². The Balaban J connectivity index is 3.67. The molecule has 0 aromatic heterocycles. The highest BCUT2D eigenvalue weighted by Crippen LogP contribution is 1.98. The van der Waals surface area contributed by atoms with Crippen molar-refractivity contribution in [3.63, 3.8) is 0 Å². The molecule has 4 nitrogen and oxygen atoms in total. The number of carbonyl (C=O) groups excluding carboxylic acids is 1. The molecule has 0 rings (SSSR count). The first kappa shape index (κ1) is 11.4. The lowest BCUT2D eigenvalue weighted by molar-refractivity contribution is -0.890. The van der Waals surface area contributed by atoms with Crippen LogP contribution in [0.4, 0.5) is 0 Å². The summed E-state index contributed by atoms with van der Waals surface area (Å²) in [7, 11) is 5.33. The average Bonchev–Trinajstić information content (AvgIpc) is 2.00. The monoisotopic (exact) mass is 176 g/mol. The first-order valence-corrected chi connectivity index (χ1v) is 4.01. The van der Waals surface area contributed by atoms with Crippen molar-refractivity contribution in [2.75, 3.05) is 40.9 Å². The summed E-state index contributed by atoms with van der Waals surface area (Å²) in [6, 6.07) is 0. The second-order valence-corrected chi connectivity index (χ2v) is 3.43. The van der Waals surface area contributed by atoms with E-state index >= 15 is 0 Å². The maximum atomic E-state index is 10.8. The van der Waals surface area contributed by atoms with Crippen molar-refractivity contribution in [2.24, 2.45) is 0 Å². The van der Waals surface area contributed by atoms with Crippen molar-refractivity contribution in [1.29, 1.82) is 0 Å². The van der Waals surface area contributed by atoms with Crippen LogP contribution in [0.15, 0.2) is 0 Å². The van der Waals surface area contributed by atoms with Crippen molar-refractivity contribution in [1.82, 2.24) is 0 Å². The van der Waals surface area contributed by atoms with Crippen molar-refractivity contribution in [2.45, 2.75) is 6.42 Å². The van der Waals surface area contributed by atoms with Crippen LogP contribution in [0.5, 0.6) is 0 Å². The molecular weight excluding hydrogens is 158 g/mol. The second kappa shape index (κ2) is 5.11. The van der Waals surface area contributed by atoms with Crippen molar-refractivity contribution < 1.29 is 19.1 Å². The highest BCUT2D eigenvalue weighted by Gasteiger charge is 2.15. The molecule has 4 heteroatoms. The number of ether oxygens (including phenoxy) is 1. The number of methoxy groups -OCH3 is 1. The fourth-order valence-corrected chi connectivity index (χ4v) is 0.879. The van der Waals surface area contributed by atoms with Gasteiger partial charge in [-0.05, 0) is 0 Å². The van der Waals surface area contributed by atoms with E-state index in [-0.39, 0.29) is 12.6 Å². The maximum absolute atomic E-state index is 10.8. The first-order valence-electron chi connectivity index (χ1n) is 4.01. The zero-order valence-electron chi connectivity index (χ0n) is 8.04. The van der Waals surface area contributed by atoms with Gasteiger partial charge in [-0.15, -0.1) is 0 Å². The summed E-state index contributed by atoms with van der Waals surface area (Å²) < 4.78 is 5.16. The van der Waals surface area contributed by atoms with E-state index in [1.807, 2.05) is 14.1 Å². The molecule has 72 valence electrons. The van der Waals surface area contributed by atoms with Gasteiger partial charge in [0, 0.05) is 0 Å². The standard InChI is InChI=1S/C8H18NO3/c1-9(2,6-7-10)5-4-8(11)12-3/h10H,4-7H2,1-3H3/q+1.